The molecule has 0 N–H and O–H groups in total. The van der Waals surface area contributed by atoms with Crippen LogP contribution < -0.4 is 4.74 Å². The number of carbonyl (C=O) groups is 1. The fourth-order valence-corrected chi connectivity index (χ4v) is 3.06. The zero-order valence-electron chi connectivity index (χ0n) is 17.6. The van der Waals surface area contributed by atoms with Crippen LogP contribution in [0.4, 0.5) is 0 Å². The van der Waals surface area contributed by atoms with E-state index in [1.54, 1.807) is 11.9 Å². The van der Waals surface area contributed by atoms with E-state index in [-0.39, 0.29) is 12.5 Å². The molecule has 1 aromatic heterocycles. The zero-order chi connectivity index (χ0) is 21.0. The maximum atomic E-state index is 12.9. The maximum Gasteiger partial charge on any atom is 0.263 e. The second-order valence-electron chi connectivity index (χ2n) is 7.29. The number of aromatic nitrogens is 2. The summed E-state index contributed by atoms with van der Waals surface area (Å²) in [4.78, 5) is 18.9. The topological polar surface area (TPSA) is 68.5 Å². The number of amides is 1. The van der Waals surface area contributed by atoms with Crippen molar-refractivity contribution in [2.24, 2.45) is 0 Å². The van der Waals surface area contributed by atoms with E-state index in [4.69, 9.17) is 9.26 Å². The monoisotopic (exact) mass is 393 g/mol. The summed E-state index contributed by atoms with van der Waals surface area (Å²) in [6.07, 6.45) is -0.00534. The quantitative estimate of drug-likeness (QED) is 0.592. The number of carbonyl (C=O) groups excluding carboxylic acids is 1. The van der Waals surface area contributed by atoms with Gasteiger partial charge < -0.3 is 14.2 Å². The summed E-state index contributed by atoms with van der Waals surface area (Å²) in [5, 5.41) is 4.04. The largest absolute Gasteiger partial charge is 0.480 e. The van der Waals surface area contributed by atoms with E-state index >= 15 is 0 Å². The normalized spacial score (nSPS) is 11.9. The fraction of sp³-hybridized carbons (Fsp3) is 0.348. The number of hydrogen-bond donors (Lipinski definition) is 0. The van der Waals surface area contributed by atoms with Gasteiger partial charge in [-0.1, -0.05) is 48.0 Å². The molecule has 1 heterocycles. The summed E-state index contributed by atoms with van der Waals surface area (Å²) >= 11 is 0. The van der Waals surface area contributed by atoms with Gasteiger partial charge in [-0.25, -0.2) is 0 Å². The lowest BCUT2D eigenvalue weighted by Crippen LogP contribution is -2.39. The van der Waals surface area contributed by atoms with E-state index < -0.39 is 6.10 Å². The lowest BCUT2D eigenvalue weighted by atomic mass is 10.1. The van der Waals surface area contributed by atoms with Crippen LogP contribution in [0.25, 0.3) is 11.4 Å². The van der Waals surface area contributed by atoms with Gasteiger partial charge in [-0.15, -0.1) is 0 Å². The van der Waals surface area contributed by atoms with E-state index in [1.807, 2.05) is 70.2 Å². The van der Waals surface area contributed by atoms with Crippen LogP contribution in [0, 0.1) is 20.8 Å². The average Bonchev–Trinajstić information content (AvgIpc) is 3.17. The average molecular weight is 393 g/mol. The molecule has 6 heteroatoms. The predicted molar refractivity (Wildman–Crippen MR) is 112 cm³/mol. The SMILES string of the molecule is CCC(Oc1cccc(C)c1C)C(=O)N(C)Cc1nc(-c2cccc(C)c2)no1. The smallest absolute Gasteiger partial charge is 0.263 e. The van der Waals surface area contributed by atoms with Crippen molar-refractivity contribution in [2.45, 2.75) is 46.8 Å². The van der Waals surface area contributed by atoms with Gasteiger partial charge in [0.25, 0.3) is 5.91 Å². The van der Waals surface area contributed by atoms with Gasteiger partial charge in [-0.2, -0.15) is 4.98 Å². The summed E-state index contributed by atoms with van der Waals surface area (Å²) in [6.45, 7) is 8.20. The number of rotatable bonds is 7. The number of ether oxygens (including phenoxy) is 1. The molecule has 0 aliphatic rings. The lowest BCUT2D eigenvalue weighted by Gasteiger charge is -2.23. The van der Waals surface area contributed by atoms with Crippen molar-refractivity contribution in [1.82, 2.24) is 15.0 Å². The summed E-state index contributed by atoms with van der Waals surface area (Å²) in [5.41, 5.74) is 4.18. The maximum absolute atomic E-state index is 12.9. The summed E-state index contributed by atoms with van der Waals surface area (Å²) < 4.78 is 11.4. The highest BCUT2D eigenvalue weighted by molar-refractivity contribution is 5.81. The summed E-state index contributed by atoms with van der Waals surface area (Å²) in [6, 6.07) is 13.7. The Hall–Kier alpha value is -3.15. The molecule has 0 aliphatic heterocycles. The van der Waals surface area contributed by atoms with Gasteiger partial charge >= 0.3 is 0 Å². The molecular formula is C23H27N3O3. The second kappa shape index (κ2) is 8.90. The number of benzene rings is 2. The fourth-order valence-electron chi connectivity index (χ4n) is 3.06. The number of nitrogens with zero attached hydrogens (tertiary/aromatic N) is 3. The van der Waals surface area contributed by atoms with Crippen molar-refractivity contribution in [3.05, 3.63) is 65.0 Å². The van der Waals surface area contributed by atoms with Crippen LogP contribution in [0.5, 0.6) is 5.75 Å². The first-order valence-corrected chi connectivity index (χ1v) is 9.76. The van der Waals surface area contributed by atoms with Gasteiger partial charge in [-0.3, -0.25) is 4.79 Å². The van der Waals surface area contributed by atoms with Crippen LogP contribution in [-0.2, 0) is 11.3 Å². The molecule has 0 aliphatic carbocycles. The van der Waals surface area contributed by atoms with Crippen LogP contribution >= 0.6 is 0 Å². The van der Waals surface area contributed by atoms with Gasteiger partial charge in [-0.05, 0) is 50.5 Å². The Bertz CT molecular complexity index is 997. The Labute approximate surface area is 171 Å². The Morgan fingerprint density at radius 1 is 1.17 bits per heavy atom. The molecule has 1 amide bonds. The van der Waals surface area contributed by atoms with Crippen LogP contribution in [-0.4, -0.2) is 34.1 Å². The highest BCUT2D eigenvalue weighted by Gasteiger charge is 2.24. The van der Waals surface area contributed by atoms with Gasteiger partial charge in [0, 0.05) is 12.6 Å². The van der Waals surface area contributed by atoms with Gasteiger partial charge in [0.15, 0.2) is 6.10 Å². The van der Waals surface area contributed by atoms with Crippen molar-refractivity contribution in [1.29, 1.82) is 0 Å². The van der Waals surface area contributed by atoms with Crippen molar-refractivity contribution in [3.8, 4) is 17.1 Å². The summed E-state index contributed by atoms with van der Waals surface area (Å²) in [7, 11) is 1.72. The molecule has 29 heavy (non-hydrogen) atoms. The van der Waals surface area contributed by atoms with Crippen LogP contribution in [0.15, 0.2) is 47.0 Å². The molecule has 0 spiro atoms. The molecule has 0 fully saturated rings. The highest BCUT2D eigenvalue weighted by Crippen LogP contribution is 2.23. The van der Waals surface area contributed by atoms with Gasteiger partial charge in [0.1, 0.15) is 5.75 Å². The first kappa shape index (κ1) is 20.6. The third kappa shape index (κ3) is 4.83. The third-order valence-corrected chi connectivity index (χ3v) is 4.96. The minimum atomic E-state index is -0.570. The van der Waals surface area contributed by atoms with E-state index in [2.05, 4.69) is 10.1 Å². The lowest BCUT2D eigenvalue weighted by molar-refractivity contribution is -0.138. The third-order valence-electron chi connectivity index (χ3n) is 4.96. The van der Waals surface area contributed by atoms with Gasteiger partial charge in [0.2, 0.25) is 11.7 Å². The Morgan fingerprint density at radius 2 is 1.93 bits per heavy atom. The minimum Gasteiger partial charge on any atom is -0.480 e. The van der Waals surface area contributed by atoms with Crippen LogP contribution in [0.3, 0.4) is 0 Å². The highest BCUT2D eigenvalue weighted by atomic mass is 16.5. The van der Waals surface area contributed by atoms with E-state index in [0.29, 0.717) is 18.1 Å². The van der Waals surface area contributed by atoms with Crippen LogP contribution in [0.1, 0.15) is 35.9 Å². The molecule has 152 valence electrons. The van der Waals surface area contributed by atoms with Crippen molar-refractivity contribution in [2.75, 3.05) is 7.05 Å². The molecule has 3 rings (SSSR count). The van der Waals surface area contributed by atoms with E-state index in [0.717, 1.165) is 28.0 Å². The van der Waals surface area contributed by atoms with Crippen LogP contribution in [0.2, 0.25) is 0 Å². The summed E-state index contributed by atoms with van der Waals surface area (Å²) in [5.74, 6) is 1.52. The van der Waals surface area contributed by atoms with Crippen molar-refractivity contribution < 1.29 is 14.1 Å². The molecule has 2 aromatic carbocycles. The number of aryl methyl sites for hydroxylation is 2. The molecular weight excluding hydrogens is 366 g/mol. The second-order valence-corrected chi connectivity index (χ2v) is 7.29. The standard InChI is InChI=1S/C23H27N3O3/c1-6-19(28-20-12-8-10-16(3)17(20)4)23(27)26(5)14-21-24-22(25-29-21)18-11-7-9-15(2)13-18/h7-13,19H,6,14H2,1-5H3. The Balaban J connectivity index is 1.68. The number of hydrogen-bond acceptors (Lipinski definition) is 5. The minimum absolute atomic E-state index is 0.122. The molecule has 0 saturated heterocycles. The van der Waals surface area contributed by atoms with Crippen molar-refractivity contribution in [3.63, 3.8) is 0 Å². The first-order valence-electron chi connectivity index (χ1n) is 9.76. The van der Waals surface area contributed by atoms with E-state index in [9.17, 15) is 4.79 Å². The first-order chi connectivity index (χ1) is 13.9. The Morgan fingerprint density at radius 3 is 2.66 bits per heavy atom. The molecule has 0 bridgehead atoms. The molecule has 0 saturated carbocycles. The molecule has 6 nitrogen and oxygen atoms in total. The molecule has 3 aromatic rings. The molecule has 0 radical (unpaired) electrons. The van der Waals surface area contributed by atoms with Gasteiger partial charge in [0.05, 0.1) is 6.54 Å². The number of likely N-dealkylation sites (N-methyl/N-ethyl adjacent to an activating group) is 1. The molecule has 1 unspecified atom stereocenters. The Kier molecular flexibility index (Phi) is 6.32. The zero-order valence-corrected chi connectivity index (χ0v) is 17.6. The van der Waals surface area contributed by atoms with E-state index in [1.165, 1.54) is 0 Å². The molecule has 1 atom stereocenters. The predicted octanol–water partition coefficient (Wildman–Crippen LogP) is 4.48. The van der Waals surface area contributed by atoms with Crippen molar-refractivity contribution >= 4 is 5.91 Å².